The Morgan fingerprint density at radius 3 is 2.62 bits per heavy atom. The first-order chi connectivity index (χ1) is 12.5. The minimum absolute atomic E-state index is 0.306. The van der Waals surface area contributed by atoms with Crippen LogP contribution in [0.15, 0.2) is 41.4 Å². The number of para-hydroxylation sites is 1. The van der Waals surface area contributed by atoms with Gasteiger partial charge in [-0.05, 0) is 31.2 Å². The largest absolute Gasteiger partial charge is 0.380 e. The average Bonchev–Trinajstić information content (AvgIpc) is 2.93. The van der Waals surface area contributed by atoms with Crippen LogP contribution in [-0.2, 0) is 11.3 Å². The zero-order chi connectivity index (χ0) is 18.7. The molecule has 0 aliphatic rings. The Balaban J connectivity index is 2.14. The summed E-state index contributed by atoms with van der Waals surface area (Å²) in [6, 6.07) is 8.61. The lowest BCUT2D eigenvalue weighted by molar-refractivity contribution is 0.0988. The lowest BCUT2D eigenvalue weighted by Crippen LogP contribution is -2.20. The third-order valence-corrected chi connectivity index (χ3v) is 5.04. The highest BCUT2D eigenvalue weighted by atomic mass is 35.5. The standard InChI is InChI=1S/C18H15ClF2N2O2S/c1-2-25-10-9-23-16-11(19)5-3-8-14(16)26-18(23)22-17(24)15-12(20)6-4-7-13(15)21/h3-8H,2,9-10H2,1H3. The smallest absolute Gasteiger partial charge is 0.285 e. The topological polar surface area (TPSA) is 43.6 Å². The third-order valence-electron chi connectivity index (χ3n) is 3.69. The minimum Gasteiger partial charge on any atom is -0.380 e. The number of nitrogens with zero attached hydrogens (tertiary/aromatic N) is 2. The lowest BCUT2D eigenvalue weighted by atomic mass is 10.2. The van der Waals surface area contributed by atoms with Crippen LogP contribution >= 0.6 is 22.9 Å². The summed E-state index contributed by atoms with van der Waals surface area (Å²) in [7, 11) is 0. The van der Waals surface area contributed by atoms with Crippen molar-refractivity contribution in [2.75, 3.05) is 13.2 Å². The molecule has 0 saturated carbocycles. The average molecular weight is 397 g/mol. The van der Waals surface area contributed by atoms with Crippen LogP contribution in [0.25, 0.3) is 10.2 Å². The van der Waals surface area contributed by atoms with Gasteiger partial charge in [0.1, 0.15) is 17.2 Å². The predicted octanol–water partition coefficient (Wildman–Crippen LogP) is 4.41. The van der Waals surface area contributed by atoms with E-state index in [-0.39, 0.29) is 0 Å². The number of carbonyl (C=O) groups excluding carboxylic acids is 1. The van der Waals surface area contributed by atoms with Crippen LogP contribution in [-0.4, -0.2) is 23.7 Å². The molecule has 1 heterocycles. The van der Waals surface area contributed by atoms with Gasteiger partial charge in [-0.1, -0.05) is 35.1 Å². The SMILES string of the molecule is CCOCCn1c(=NC(=O)c2c(F)cccc2F)sc2cccc(Cl)c21. The molecule has 0 saturated heterocycles. The molecule has 1 amide bonds. The van der Waals surface area contributed by atoms with Gasteiger partial charge in [-0.3, -0.25) is 4.79 Å². The quantitative estimate of drug-likeness (QED) is 0.599. The molecule has 3 aromatic rings. The van der Waals surface area contributed by atoms with Gasteiger partial charge in [0, 0.05) is 13.2 Å². The maximum atomic E-state index is 13.9. The molecule has 0 radical (unpaired) electrons. The molecule has 3 rings (SSSR count). The van der Waals surface area contributed by atoms with Crippen molar-refractivity contribution in [3.8, 4) is 0 Å². The molecule has 1 aromatic heterocycles. The Morgan fingerprint density at radius 2 is 1.92 bits per heavy atom. The van der Waals surface area contributed by atoms with E-state index in [4.69, 9.17) is 16.3 Å². The molecule has 0 spiro atoms. The zero-order valence-corrected chi connectivity index (χ0v) is 15.4. The van der Waals surface area contributed by atoms with E-state index in [9.17, 15) is 13.6 Å². The van der Waals surface area contributed by atoms with Crippen LogP contribution in [0.2, 0.25) is 5.02 Å². The number of thiazole rings is 1. The summed E-state index contributed by atoms with van der Waals surface area (Å²) >= 11 is 7.51. The zero-order valence-electron chi connectivity index (χ0n) is 13.8. The summed E-state index contributed by atoms with van der Waals surface area (Å²) in [5.74, 6) is -2.87. The van der Waals surface area contributed by atoms with Crippen LogP contribution in [0.1, 0.15) is 17.3 Å². The van der Waals surface area contributed by atoms with Gasteiger partial charge in [-0.25, -0.2) is 8.78 Å². The molecule has 136 valence electrons. The molecule has 0 bridgehead atoms. The molecule has 0 atom stereocenters. The Morgan fingerprint density at radius 1 is 1.23 bits per heavy atom. The molecule has 0 aliphatic heterocycles. The van der Waals surface area contributed by atoms with Crippen LogP contribution in [0.3, 0.4) is 0 Å². The van der Waals surface area contributed by atoms with Crippen molar-refractivity contribution in [3.05, 3.63) is 63.4 Å². The first-order valence-electron chi connectivity index (χ1n) is 7.91. The van der Waals surface area contributed by atoms with Gasteiger partial charge in [0.2, 0.25) is 0 Å². The number of hydrogen-bond donors (Lipinski definition) is 0. The van der Waals surface area contributed by atoms with E-state index in [0.717, 1.165) is 16.8 Å². The highest BCUT2D eigenvalue weighted by Crippen LogP contribution is 2.25. The Bertz CT molecular complexity index is 1010. The van der Waals surface area contributed by atoms with Crippen molar-refractivity contribution in [1.82, 2.24) is 4.57 Å². The molecule has 0 unspecified atom stereocenters. The maximum absolute atomic E-state index is 13.9. The fourth-order valence-corrected chi connectivity index (χ4v) is 3.94. The van der Waals surface area contributed by atoms with Crippen molar-refractivity contribution >= 4 is 39.1 Å². The highest BCUT2D eigenvalue weighted by Gasteiger charge is 2.18. The first-order valence-corrected chi connectivity index (χ1v) is 9.11. The van der Waals surface area contributed by atoms with E-state index in [0.29, 0.717) is 35.1 Å². The molecule has 0 aliphatic carbocycles. The number of amides is 1. The third kappa shape index (κ3) is 3.70. The van der Waals surface area contributed by atoms with Crippen LogP contribution in [0, 0.1) is 11.6 Å². The van der Waals surface area contributed by atoms with Crippen LogP contribution in [0.4, 0.5) is 8.78 Å². The normalized spacial score (nSPS) is 12.1. The fourth-order valence-electron chi connectivity index (χ4n) is 2.52. The lowest BCUT2D eigenvalue weighted by Gasteiger charge is -2.06. The molecule has 2 aromatic carbocycles. The van der Waals surface area contributed by atoms with Crippen molar-refractivity contribution in [1.29, 1.82) is 0 Å². The number of rotatable bonds is 5. The number of fused-ring (bicyclic) bond motifs is 1. The van der Waals surface area contributed by atoms with Crippen LogP contribution in [0.5, 0.6) is 0 Å². The molecule has 4 nitrogen and oxygen atoms in total. The molecule has 8 heteroatoms. The van der Waals surface area contributed by atoms with E-state index in [2.05, 4.69) is 4.99 Å². The first kappa shape index (κ1) is 18.7. The molecule has 0 fully saturated rings. The maximum Gasteiger partial charge on any atom is 0.285 e. The second-order valence-electron chi connectivity index (χ2n) is 5.33. The summed E-state index contributed by atoms with van der Waals surface area (Å²) in [5, 5.41) is 0.501. The van der Waals surface area contributed by atoms with Crippen LogP contribution < -0.4 is 4.80 Å². The summed E-state index contributed by atoms with van der Waals surface area (Å²) in [4.78, 5) is 16.6. The number of hydrogen-bond acceptors (Lipinski definition) is 3. The molecular weight excluding hydrogens is 382 g/mol. The van der Waals surface area contributed by atoms with Gasteiger partial charge in [-0.2, -0.15) is 4.99 Å². The number of ether oxygens (including phenoxy) is 1. The summed E-state index contributed by atoms with van der Waals surface area (Å²) in [5.41, 5.74) is 0.0341. The van der Waals surface area contributed by atoms with E-state index < -0.39 is 23.1 Å². The van der Waals surface area contributed by atoms with Gasteiger partial charge < -0.3 is 9.30 Å². The number of halogens is 3. The summed E-state index contributed by atoms with van der Waals surface area (Å²) < 4.78 is 35.6. The highest BCUT2D eigenvalue weighted by molar-refractivity contribution is 7.16. The van der Waals surface area contributed by atoms with Crippen molar-refractivity contribution in [2.45, 2.75) is 13.5 Å². The Labute approximate surface area is 157 Å². The van der Waals surface area contributed by atoms with Gasteiger partial charge in [-0.15, -0.1) is 0 Å². The minimum atomic E-state index is -0.978. The second-order valence-corrected chi connectivity index (χ2v) is 6.75. The Kier molecular flexibility index (Phi) is 5.80. The Hall–Kier alpha value is -2.09. The van der Waals surface area contributed by atoms with Gasteiger partial charge in [0.25, 0.3) is 5.91 Å². The summed E-state index contributed by atoms with van der Waals surface area (Å²) in [6.07, 6.45) is 0. The van der Waals surface area contributed by atoms with Crippen molar-refractivity contribution < 1.29 is 18.3 Å². The van der Waals surface area contributed by atoms with Gasteiger partial charge >= 0.3 is 0 Å². The monoisotopic (exact) mass is 396 g/mol. The van der Waals surface area contributed by atoms with Crippen molar-refractivity contribution in [3.63, 3.8) is 0 Å². The van der Waals surface area contributed by atoms with E-state index >= 15 is 0 Å². The van der Waals surface area contributed by atoms with Crippen molar-refractivity contribution in [2.24, 2.45) is 4.99 Å². The fraction of sp³-hybridized carbons (Fsp3) is 0.222. The molecular formula is C18H15ClF2N2O2S. The van der Waals surface area contributed by atoms with E-state index in [1.807, 2.05) is 13.0 Å². The summed E-state index contributed by atoms with van der Waals surface area (Å²) in [6.45, 7) is 3.22. The van der Waals surface area contributed by atoms with E-state index in [1.165, 1.54) is 17.4 Å². The second kappa shape index (κ2) is 8.07. The number of aromatic nitrogens is 1. The van der Waals surface area contributed by atoms with E-state index in [1.54, 1.807) is 16.7 Å². The molecule has 26 heavy (non-hydrogen) atoms. The predicted molar refractivity (Wildman–Crippen MR) is 97.6 cm³/mol. The number of benzene rings is 2. The molecule has 0 N–H and O–H groups in total. The van der Waals surface area contributed by atoms with Gasteiger partial charge in [0.05, 0.1) is 21.8 Å². The number of carbonyl (C=O) groups is 1. The van der Waals surface area contributed by atoms with Gasteiger partial charge in [0.15, 0.2) is 4.80 Å².